The Morgan fingerprint density at radius 3 is 2.59 bits per heavy atom. The third kappa shape index (κ3) is 6.53. The molecule has 5 nitrogen and oxygen atoms in total. The van der Waals surface area contributed by atoms with Crippen LogP contribution in [0.4, 0.5) is 0 Å². The quantitative estimate of drug-likeness (QED) is 0.614. The average Bonchev–Trinajstić information content (AvgIpc) is 2.35. The van der Waals surface area contributed by atoms with Crippen LogP contribution >= 0.6 is 11.8 Å². The summed E-state index contributed by atoms with van der Waals surface area (Å²) in [5.41, 5.74) is 0. The van der Waals surface area contributed by atoms with E-state index in [9.17, 15) is 9.59 Å². The normalized spacial score (nSPS) is 16.5. The Morgan fingerprint density at radius 2 is 1.94 bits per heavy atom. The van der Waals surface area contributed by atoms with Gasteiger partial charge < -0.3 is 16.0 Å². The summed E-state index contributed by atoms with van der Waals surface area (Å²) in [6.07, 6.45) is 2.24. The maximum atomic E-state index is 11.5. The molecule has 0 aromatic heterocycles. The number of thioether (sulfide) groups is 1. The Labute approximate surface area is 106 Å². The van der Waals surface area contributed by atoms with Crippen LogP contribution in [0.3, 0.4) is 0 Å². The van der Waals surface area contributed by atoms with Crippen molar-refractivity contribution < 1.29 is 9.59 Å². The van der Waals surface area contributed by atoms with E-state index in [0.717, 1.165) is 25.9 Å². The summed E-state index contributed by atoms with van der Waals surface area (Å²) < 4.78 is 0. The standard InChI is InChI=1S/C11H21N3O2S/c1-2-13-10(15)7-14-11(16)8-17-9-3-5-12-6-4-9/h9,12H,2-8H2,1H3,(H,13,15)(H,14,16). The van der Waals surface area contributed by atoms with Crippen LogP contribution in [0.1, 0.15) is 19.8 Å². The number of rotatable bonds is 6. The fourth-order valence-corrected chi connectivity index (χ4v) is 2.70. The topological polar surface area (TPSA) is 70.2 Å². The van der Waals surface area contributed by atoms with Crippen molar-refractivity contribution in [3.63, 3.8) is 0 Å². The largest absolute Gasteiger partial charge is 0.355 e. The minimum Gasteiger partial charge on any atom is -0.355 e. The zero-order chi connectivity index (χ0) is 12.5. The predicted molar refractivity (Wildman–Crippen MR) is 70.0 cm³/mol. The summed E-state index contributed by atoms with van der Waals surface area (Å²) in [6.45, 7) is 4.61. The van der Waals surface area contributed by atoms with Gasteiger partial charge in [-0.15, -0.1) is 11.8 Å². The number of likely N-dealkylation sites (N-methyl/N-ethyl adjacent to an activating group) is 1. The van der Waals surface area contributed by atoms with Crippen molar-refractivity contribution in [2.45, 2.75) is 25.0 Å². The molecule has 98 valence electrons. The highest BCUT2D eigenvalue weighted by Crippen LogP contribution is 2.19. The first-order valence-corrected chi connectivity index (χ1v) is 7.13. The molecule has 3 N–H and O–H groups in total. The highest BCUT2D eigenvalue weighted by Gasteiger charge is 2.15. The number of nitrogens with one attached hydrogen (secondary N) is 3. The first kappa shape index (κ1) is 14.3. The Balaban J connectivity index is 2.06. The molecule has 0 aliphatic carbocycles. The van der Waals surface area contributed by atoms with Gasteiger partial charge in [-0.2, -0.15) is 0 Å². The van der Waals surface area contributed by atoms with Crippen molar-refractivity contribution in [1.82, 2.24) is 16.0 Å². The van der Waals surface area contributed by atoms with Gasteiger partial charge in [0, 0.05) is 11.8 Å². The molecule has 17 heavy (non-hydrogen) atoms. The minimum absolute atomic E-state index is 0.0558. The van der Waals surface area contributed by atoms with Crippen LogP contribution in [-0.2, 0) is 9.59 Å². The van der Waals surface area contributed by atoms with Crippen molar-refractivity contribution >= 4 is 23.6 Å². The lowest BCUT2D eigenvalue weighted by atomic mass is 10.2. The lowest BCUT2D eigenvalue weighted by molar-refractivity contribution is -0.124. The van der Waals surface area contributed by atoms with E-state index in [1.165, 1.54) is 0 Å². The zero-order valence-electron chi connectivity index (χ0n) is 10.3. The highest BCUT2D eigenvalue weighted by atomic mass is 32.2. The van der Waals surface area contributed by atoms with E-state index in [4.69, 9.17) is 0 Å². The lowest BCUT2D eigenvalue weighted by Gasteiger charge is -2.21. The Bertz CT molecular complexity index is 255. The maximum Gasteiger partial charge on any atom is 0.239 e. The first-order chi connectivity index (χ1) is 8.22. The van der Waals surface area contributed by atoms with Crippen molar-refractivity contribution in [1.29, 1.82) is 0 Å². The Morgan fingerprint density at radius 1 is 1.24 bits per heavy atom. The smallest absolute Gasteiger partial charge is 0.239 e. The second-order valence-corrected chi connectivity index (χ2v) is 5.28. The van der Waals surface area contributed by atoms with Gasteiger partial charge in [-0.25, -0.2) is 0 Å². The molecule has 1 rings (SSSR count). The molecule has 0 unspecified atom stereocenters. The third-order valence-corrected chi connectivity index (χ3v) is 3.93. The molecule has 0 aromatic carbocycles. The van der Waals surface area contributed by atoms with E-state index in [1.807, 2.05) is 6.92 Å². The molecular formula is C11H21N3O2S. The third-order valence-electron chi connectivity index (χ3n) is 2.56. The first-order valence-electron chi connectivity index (χ1n) is 6.08. The summed E-state index contributed by atoms with van der Waals surface area (Å²) in [5, 5.41) is 9.12. The van der Waals surface area contributed by atoms with Crippen molar-refractivity contribution in [3.05, 3.63) is 0 Å². The highest BCUT2D eigenvalue weighted by molar-refractivity contribution is 8.00. The van der Waals surface area contributed by atoms with Gasteiger partial charge in [0.25, 0.3) is 0 Å². The van der Waals surface area contributed by atoms with E-state index >= 15 is 0 Å². The van der Waals surface area contributed by atoms with Gasteiger partial charge in [-0.1, -0.05) is 0 Å². The molecule has 0 atom stereocenters. The van der Waals surface area contributed by atoms with Crippen molar-refractivity contribution in [2.75, 3.05) is 31.9 Å². The van der Waals surface area contributed by atoms with E-state index in [2.05, 4.69) is 16.0 Å². The van der Waals surface area contributed by atoms with Gasteiger partial charge in [0.05, 0.1) is 12.3 Å². The number of hydrogen-bond donors (Lipinski definition) is 3. The molecular weight excluding hydrogens is 238 g/mol. The second-order valence-electron chi connectivity index (χ2n) is 3.99. The summed E-state index contributed by atoms with van der Waals surface area (Å²) in [7, 11) is 0. The van der Waals surface area contributed by atoms with Crippen LogP contribution in [0.25, 0.3) is 0 Å². The van der Waals surface area contributed by atoms with Crippen molar-refractivity contribution in [2.24, 2.45) is 0 Å². The number of carbonyl (C=O) groups is 2. The van der Waals surface area contributed by atoms with E-state index in [1.54, 1.807) is 11.8 Å². The molecule has 0 aromatic rings. The van der Waals surface area contributed by atoms with Gasteiger partial charge >= 0.3 is 0 Å². The molecule has 1 heterocycles. The van der Waals surface area contributed by atoms with Gasteiger partial charge in [0.15, 0.2) is 0 Å². The molecule has 1 aliphatic heterocycles. The SMILES string of the molecule is CCNC(=O)CNC(=O)CSC1CCNCC1. The van der Waals surface area contributed by atoms with Crippen LogP contribution in [-0.4, -0.2) is 49.0 Å². The van der Waals surface area contributed by atoms with E-state index < -0.39 is 0 Å². The molecule has 0 radical (unpaired) electrons. The van der Waals surface area contributed by atoms with Crippen molar-refractivity contribution in [3.8, 4) is 0 Å². The predicted octanol–water partition coefficient (Wildman–Crippen LogP) is -0.276. The molecule has 1 fully saturated rings. The van der Waals surface area contributed by atoms with Gasteiger partial charge in [-0.3, -0.25) is 9.59 Å². The molecule has 1 saturated heterocycles. The zero-order valence-corrected chi connectivity index (χ0v) is 11.1. The van der Waals surface area contributed by atoms with Gasteiger partial charge in [0.1, 0.15) is 0 Å². The molecule has 0 bridgehead atoms. The Hall–Kier alpha value is -0.750. The number of piperidine rings is 1. The number of hydrogen-bond acceptors (Lipinski definition) is 4. The van der Waals surface area contributed by atoms with E-state index in [-0.39, 0.29) is 18.4 Å². The van der Waals surface area contributed by atoms with Gasteiger partial charge in [-0.05, 0) is 32.9 Å². The fraction of sp³-hybridized carbons (Fsp3) is 0.818. The van der Waals surface area contributed by atoms with Crippen LogP contribution in [0, 0.1) is 0 Å². The monoisotopic (exact) mass is 259 g/mol. The minimum atomic E-state index is -0.132. The van der Waals surface area contributed by atoms with Crippen LogP contribution in [0.2, 0.25) is 0 Å². The number of carbonyl (C=O) groups excluding carboxylic acids is 2. The molecule has 1 aliphatic rings. The van der Waals surface area contributed by atoms with Crippen LogP contribution in [0.15, 0.2) is 0 Å². The fourth-order valence-electron chi connectivity index (χ4n) is 1.65. The second kappa shape index (κ2) is 8.36. The van der Waals surface area contributed by atoms with Gasteiger partial charge in [0.2, 0.25) is 11.8 Å². The summed E-state index contributed by atoms with van der Waals surface area (Å²) >= 11 is 1.69. The Kier molecular flexibility index (Phi) is 7.04. The summed E-state index contributed by atoms with van der Waals surface area (Å²) in [6, 6.07) is 0. The molecule has 6 heteroatoms. The lowest BCUT2D eigenvalue weighted by Crippen LogP contribution is -2.38. The molecule has 2 amide bonds. The maximum absolute atomic E-state index is 11.5. The van der Waals surface area contributed by atoms with E-state index in [0.29, 0.717) is 17.5 Å². The summed E-state index contributed by atoms with van der Waals surface area (Å²) in [4.78, 5) is 22.6. The van der Waals surface area contributed by atoms with Crippen LogP contribution < -0.4 is 16.0 Å². The summed E-state index contributed by atoms with van der Waals surface area (Å²) in [5.74, 6) is 0.261. The molecule has 0 saturated carbocycles. The average molecular weight is 259 g/mol. The number of amides is 2. The van der Waals surface area contributed by atoms with Crippen LogP contribution in [0.5, 0.6) is 0 Å². The molecule has 0 spiro atoms.